The van der Waals surface area contributed by atoms with Crippen LogP contribution in [0.25, 0.3) is 11.3 Å². The van der Waals surface area contributed by atoms with Crippen molar-refractivity contribution in [3.8, 4) is 17.1 Å². The van der Waals surface area contributed by atoms with Gasteiger partial charge in [-0.1, -0.05) is 28.9 Å². The molecular formula is C24H25N3O3. The number of amides is 1. The Morgan fingerprint density at radius 2 is 1.70 bits per heavy atom. The summed E-state index contributed by atoms with van der Waals surface area (Å²) in [6.45, 7) is 9.48. The molecule has 0 N–H and O–H groups in total. The summed E-state index contributed by atoms with van der Waals surface area (Å²) in [5.74, 6) is 1.34. The van der Waals surface area contributed by atoms with Crippen LogP contribution in [0, 0.1) is 20.8 Å². The molecule has 5 rings (SSSR count). The molecule has 0 atom stereocenters. The highest BCUT2D eigenvalue weighted by molar-refractivity contribution is 5.96. The summed E-state index contributed by atoms with van der Waals surface area (Å²) >= 11 is 0. The minimum Gasteiger partial charge on any atom is -0.488 e. The van der Waals surface area contributed by atoms with Gasteiger partial charge in [0, 0.05) is 31.9 Å². The van der Waals surface area contributed by atoms with Crippen molar-refractivity contribution in [2.45, 2.75) is 27.4 Å². The standard InChI is InChI=1S/C24H25N3O3/c1-15-5-7-21-18(12-15)23-19(14-29-21)22(25-30-23)24(28)27-10-8-26(9-11-27)20-13-16(2)4-6-17(20)3/h4-7,12-13H,8-11,14H2,1-3H3. The van der Waals surface area contributed by atoms with E-state index in [1.165, 1.54) is 16.8 Å². The first-order chi connectivity index (χ1) is 14.5. The number of carbonyl (C=O) groups is 1. The average Bonchev–Trinajstić information content (AvgIpc) is 3.20. The maximum absolute atomic E-state index is 13.2. The van der Waals surface area contributed by atoms with E-state index in [1.807, 2.05) is 30.0 Å². The number of benzene rings is 2. The van der Waals surface area contributed by atoms with Crippen LogP contribution in [0.3, 0.4) is 0 Å². The van der Waals surface area contributed by atoms with Gasteiger partial charge in [0.2, 0.25) is 0 Å². The molecule has 2 aliphatic rings. The second-order valence-electron chi connectivity index (χ2n) is 8.20. The summed E-state index contributed by atoms with van der Waals surface area (Å²) < 4.78 is 11.5. The molecule has 0 saturated carbocycles. The van der Waals surface area contributed by atoms with Crippen molar-refractivity contribution in [1.82, 2.24) is 10.1 Å². The maximum Gasteiger partial charge on any atom is 0.276 e. The molecular weight excluding hydrogens is 378 g/mol. The third-order valence-corrected chi connectivity index (χ3v) is 6.01. The van der Waals surface area contributed by atoms with Crippen molar-refractivity contribution in [2.24, 2.45) is 0 Å². The zero-order valence-electron chi connectivity index (χ0n) is 17.6. The molecule has 0 spiro atoms. The Labute approximate surface area is 176 Å². The van der Waals surface area contributed by atoms with Gasteiger partial charge in [0.1, 0.15) is 12.4 Å². The van der Waals surface area contributed by atoms with E-state index in [0.717, 1.165) is 35.5 Å². The van der Waals surface area contributed by atoms with Crippen LogP contribution in [-0.2, 0) is 6.61 Å². The van der Waals surface area contributed by atoms with E-state index in [9.17, 15) is 4.79 Å². The van der Waals surface area contributed by atoms with Crippen LogP contribution >= 0.6 is 0 Å². The Kier molecular flexibility index (Phi) is 4.50. The number of rotatable bonds is 2. The van der Waals surface area contributed by atoms with Gasteiger partial charge in [-0.25, -0.2) is 0 Å². The van der Waals surface area contributed by atoms with E-state index >= 15 is 0 Å². The molecule has 2 aliphatic heterocycles. The van der Waals surface area contributed by atoms with Crippen molar-refractivity contribution in [3.63, 3.8) is 0 Å². The fourth-order valence-corrected chi connectivity index (χ4v) is 4.28. The fraction of sp³-hybridized carbons (Fsp3) is 0.333. The van der Waals surface area contributed by atoms with Gasteiger partial charge in [0.25, 0.3) is 5.91 Å². The first-order valence-corrected chi connectivity index (χ1v) is 10.3. The number of piperazine rings is 1. The van der Waals surface area contributed by atoms with E-state index in [4.69, 9.17) is 9.26 Å². The number of anilines is 1. The third kappa shape index (κ3) is 3.12. The number of nitrogens with zero attached hydrogens (tertiary/aromatic N) is 3. The zero-order chi connectivity index (χ0) is 20.8. The summed E-state index contributed by atoms with van der Waals surface area (Å²) in [5.41, 5.74) is 6.85. The second kappa shape index (κ2) is 7.20. The summed E-state index contributed by atoms with van der Waals surface area (Å²) in [4.78, 5) is 17.4. The molecule has 0 bridgehead atoms. The normalized spacial score (nSPS) is 15.4. The molecule has 1 saturated heterocycles. The zero-order valence-corrected chi connectivity index (χ0v) is 17.6. The highest BCUT2D eigenvalue weighted by Crippen LogP contribution is 2.39. The number of hydrogen-bond acceptors (Lipinski definition) is 5. The highest BCUT2D eigenvalue weighted by atomic mass is 16.5. The van der Waals surface area contributed by atoms with Crippen LogP contribution in [0.1, 0.15) is 32.7 Å². The lowest BCUT2D eigenvalue weighted by Crippen LogP contribution is -2.49. The fourth-order valence-electron chi connectivity index (χ4n) is 4.28. The number of fused-ring (bicyclic) bond motifs is 3. The molecule has 6 nitrogen and oxygen atoms in total. The van der Waals surface area contributed by atoms with Gasteiger partial charge in [-0.2, -0.15) is 0 Å². The van der Waals surface area contributed by atoms with E-state index in [2.05, 4.69) is 42.1 Å². The number of carbonyl (C=O) groups excluding carboxylic acids is 1. The molecule has 3 heterocycles. The van der Waals surface area contributed by atoms with Crippen LogP contribution in [0.4, 0.5) is 5.69 Å². The predicted octanol–water partition coefficient (Wildman–Crippen LogP) is 4.12. The van der Waals surface area contributed by atoms with Gasteiger partial charge in [-0.3, -0.25) is 4.79 Å². The average molecular weight is 403 g/mol. The van der Waals surface area contributed by atoms with Crippen molar-refractivity contribution >= 4 is 11.6 Å². The number of hydrogen-bond donors (Lipinski definition) is 0. The molecule has 0 aliphatic carbocycles. The highest BCUT2D eigenvalue weighted by Gasteiger charge is 2.32. The molecule has 1 fully saturated rings. The van der Waals surface area contributed by atoms with E-state index in [0.29, 0.717) is 31.2 Å². The summed E-state index contributed by atoms with van der Waals surface area (Å²) in [6, 6.07) is 12.5. The van der Waals surface area contributed by atoms with Gasteiger partial charge < -0.3 is 19.1 Å². The first-order valence-electron chi connectivity index (χ1n) is 10.3. The van der Waals surface area contributed by atoms with Gasteiger partial charge in [0.15, 0.2) is 11.5 Å². The minimum atomic E-state index is -0.0830. The Bertz CT molecular complexity index is 1130. The van der Waals surface area contributed by atoms with E-state index in [1.54, 1.807) is 0 Å². The van der Waals surface area contributed by atoms with E-state index in [-0.39, 0.29) is 5.91 Å². The summed E-state index contributed by atoms with van der Waals surface area (Å²) in [5, 5.41) is 4.14. The van der Waals surface area contributed by atoms with Crippen LogP contribution in [-0.4, -0.2) is 42.1 Å². The molecule has 30 heavy (non-hydrogen) atoms. The monoisotopic (exact) mass is 403 g/mol. The molecule has 1 aromatic heterocycles. The van der Waals surface area contributed by atoms with Crippen LogP contribution < -0.4 is 9.64 Å². The first kappa shape index (κ1) is 18.7. The maximum atomic E-state index is 13.2. The quantitative estimate of drug-likeness (QED) is 0.644. The van der Waals surface area contributed by atoms with Gasteiger partial charge in [0.05, 0.1) is 11.1 Å². The lowest BCUT2D eigenvalue weighted by Gasteiger charge is -2.36. The third-order valence-electron chi connectivity index (χ3n) is 6.01. The van der Waals surface area contributed by atoms with E-state index < -0.39 is 0 Å². The second-order valence-corrected chi connectivity index (χ2v) is 8.20. The topological polar surface area (TPSA) is 58.8 Å². The lowest BCUT2D eigenvalue weighted by atomic mass is 10.0. The van der Waals surface area contributed by atoms with Crippen LogP contribution in [0.15, 0.2) is 40.9 Å². The Balaban J connectivity index is 1.35. The number of ether oxygens (including phenoxy) is 1. The Morgan fingerprint density at radius 3 is 2.50 bits per heavy atom. The lowest BCUT2D eigenvalue weighted by molar-refractivity contribution is 0.0734. The van der Waals surface area contributed by atoms with Crippen LogP contribution in [0.5, 0.6) is 5.75 Å². The number of aryl methyl sites for hydroxylation is 3. The van der Waals surface area contributed by atoms with Crippen molar-refractivity contribution in [2.75, 3.05) is 31.1 Å². The molecule has 0 radical (unpaired) electrons. The SMILES string of the molecule is Cc1ccc2c(c1)-c1onc(C(=O)N3CCN(c4cc(C)ccc4C)CC3)c1CO2. The number of aromatic nitrogens is 1. The molecule has 1 amide bonds. The Hall–Kier alpha value is -3.28. The minimum absolute atomic E-state index is 0.0830. The van der Waals surface area contributed by atoms with Gasteiger partial charge in [-0.05, 0) is 50.1 Å². The van der Waals surface area contributed by atoms with Crippen LogP contribution in [0.2, 0.25) is 0 Å². The molecule has 154 valence electrons. The molecule has 3 aromatic rings. The Morgan fingerprint density at radius 1 is 0.967 bits per heavy atom. The van der Waals surface area contributed by atoms with Gasteiger partial charge in [-0.15, -0.1) is 0 Å². The largest absolute Gasteiger partial charge is 0.488 e. The molecule has 6 heteroatoms. The van der Waals surface area contributed by atoms with Crippen molar-refractivity contribution in [1.29, 1.82) is 0 Å². The summed E-state index contributed by atoms with van der Waals surface area (Å²) in [6.07, 6.45) is 0. The van der Waals surface area contributed by atoms with Gasteiger partial charge >= 0.3 is 0 Å². The summed E-state index contributed by atoms with van der Waals surface area (Å²) in [7, 11) is 0. The van der Waals surface area contributed by atoms with Crippen molar-refractivity contribution < 1.29 is 14.1 Å². The smallest absolute Gasteiger partial charge is 0.276 e. The molecule has 2 aromatic carbocycles. The predicted molar refractivity (Wildman–Crippen MR) is 115 cm³/mol. The molecule has 0 unspecified atom stereocenters. The van der Waals surface area contributed by atoms with Crippen molar-refractivity contribution in [3.05, 3.63) is 64.3 Å².